The Bertz CT molecular complexity index is 583. The first-order chi connectivity index (χ1) is 12.1. The SMILES string of the molecule is COC(=O)COc1cccc(CNC(=O)CC2(CN)CCCCC2)c1. The van der Waals surface area contributed by atoms with Crippen LogP contribution in [0, 0.1) is 5.41 Å². The molecular weight excluding hydrogens is 320 g/mol. The van der Waals surface area contributed by atoms with Gasteiger partial charge in [0.15, 0.2) is 6.61 Å². The Balaban J connectivity index is 1.83. The first kappa shape index (κ1) is 19.2. The minimum Gasteiger partial charge on any atom is -0.482 e. The van der Waals surface area contributed by atoms with Crippen molar-refractivity contribution in [3.63, 3.8) is 0 Å². The lowest BCUT2D eigenvalue weighted by Crippen LogP contribution is -2.38. The third-order valence-electron chi connectivity index (χ3n) is 4.86. The Morgan fingerprint density at radius 1 is 1.24 bits per heavy atom. The number of carbonyl (C=O) groups is 2. The average molecular weight is 348 g/mol. The zero-order valence-electron chi connectivity index (χ0n) is 14.9. The average Bonchev–Trinajstić information content (AvgIpc) is 2.65. The molecule has 1 saturated carbocycles. The standard InChI is InChI=1S/C19H28N2O4/c1-24-18(23)13-25-16-7-5-6-15(10-16)12-21-17(22)11-19(14-20)8-3-2-4-9-19/h5-7,10H,2-4,8-9,11-14,20H2,1H3,(H,21,22). The molecule has 0 aromatic heterocycles. The van der Waals surface area contributed by atoms with Crippen LogP contribution in [0.3, 0.4) is 0 Å². The molecule has 0 heterocycles. The highest BCUT2D eigenvalue weighted by Gasteiger charge is 2.32. The Labute approximate surface area is 149 Å². The zero-order chi connectivity index (χ0) is 18.1. The van der Waals surface area contributed by atoms with Crippen molar-refractivity contribution in [2.24, 2.45) is 11.1 Å². The maximum absolute atomic E-state index is 12.3. The number of hydrogen-bond acceptors (Lipinski definition) is 5. The number of carbonyl (C=O) groups excluding carboxylic acids is 2. The van der Waals surface area contributed by atoms with E-state index in [2.05, 4.69) is 10.1 Å². The Morgan fingerprint density at radius 2 is 2.00 bits per heavy atom. The molecule has 1 aliphatic rings. The summed E-state index contributed by atoms with van der Waals surface area (Å²) < 4.78 is 9.90. The molecule has 1 amide bonds. The zero-order valence-corrected chi connectivity index (χ0v) is 14.9. The maximum Gasteiger partial charge on any atom is 0.343 e. The van der Waals surface area contributed by atoms with Crippen molar-refractivity contribution in [2.45, 2.75) is 45.1 Å². The molecular formula is C19H28N2O4. The molecule has 1 aliphatic carbocycles. The largest absolute Gasteiger partial charge is 0.482 e. The van der Waals surface area contributed by atoms with Crippen LogP contribution in [0.25, 0.3) is 0 Å². The molecule has 0 bridgehead atoms. The van der Waals surface area contributed by atoms with Crippen molar-refractivity contribution in [3.05, 3.63) is 29.8 Å². The number of methoxy groups -OCH3 is 1. The summed E-state index contributed by atoms with van der Waals surface area (Å²) in [5, 5.41) is 2.97. The fourth-order valence-corrected chi connectivity index (χ4v) is 3.31. The van der Waals surface area contributed by atoms with Crippen LogP contribution in [0.5, 0.6) is 5.75 Å². The van der Waals surface area contributed by atoms with E-state index in [1.54, 1.807) is 6.07 Å². The van der Waals surface area contributed by atoms with Crippen LogP contribution in [0.2, 0.25) is 0 Å². The Morgan fingerprint density at radius 3 is 2.68 bits per heavy atom. The van der Waals surface area contributed by atoms with Gasteiger partial charge in [0.2, 0.25) is 5.91 Å². The quantitative estimate of drug-likeness (QED) is 0.703. The first-order valence-corrected chi connectivity index (χ1v) is 8.82. The van der Waals surface area contributed by atoms with Gasteiger partial charge in [0.1, 0.15) is 5.75 Å². The highest BCUT2D eigenvalue weighted by Crippen LogP contribution is 2.38. The lowest BCUT2D eigenvalue weighted by molar-refractivity contribution is -0.142. The number of hydrogen-bond donors (Lipinski definition) is 2. The number of rotatable bonds is 8. The van der Waals surface area contributed by atoms with E-state index in [1.807, 2.05) is 18.2 Å². The predicted molar refractivity (Wildman–Crippen MR) is 95.0 cm³/mol. The molecule has 6 heteroatoms. The third-order valence-corrected chi connectivity index (χ3v) is 4.86. The molecule has 25 heavy (non-hydrogen) atoms. The van der Waals surface area contributed by atoms with Gasteiger partial charge in [-0.25, -0.2) is 4.79 Å². The molecule has 0 saturated heterocycles. The molecule has 1 fully saturated rings. The molecule has 0 spiro atoms. The second-order valence-electron chi connectivity index (χ2n) is 6.73. The van der Waals surface area contributed by atoms with Gasteiger partial charge in [-0.15, -0.1) is 0 Å². The van der Waals surface area contributed by atoms with Gasteiger partial charge in [0, 0.05) is 13.0 Å². The van der Waals surface area contributed by atoms with Gasteiger partial charge < -0.3 is 20.5 Å². The van der Waals surface area contributed by atoms with Gasteiger partial charge in [0.05, 0.1) is 7.11 Å². The van der Waals surface area contributed by atoms with Gasteiger partial charge in [0.25, 0.3) is 0 Å². The van der Waals surface area contributed by atoms with Crippen molar-refractivity contribution < 1.29 is 19.1 Å². The molecule has 3 N–H and O–H groups in total. The minimum absolute atomic E-state index is 0.0339. The van der Waals surface area contributed by atoms with Gasteiger partial charge in [-0.3, -0.25) is 4.79 Å². The Kier molecular flexibility index (Phi) is 7.25. The van der Waals surface area contributed by atoms with Gasteiger partial charge in [-0.1, -0.05) is 31.4 Å². The lowest BCUT2D eigenvalue weighted by atomic mass is 9.71. The highest BCUT2D eigenvalue weighted by molar-refractivity contribution is 5.76. The molecule has 138 valence electrons. The van der Waals surface area contributed by atoms with E-state index >= 15 is 0 Å². The molecule has 0 aliphatic heterocycles. The van der Waals surface area contributed by atoms with E-state index in [0.29, 0.717) is 25.3 Å². The van der Waals surface area contributed by atoms with E-state index < -0.39 is 5.97 Å². The van der Waals surface area contributed by atoms with E-state index in [4.69, 9.17) is 10.5 Å². The van der Waals surface area contributed by atoms with Crippen molar-refractivity contribution >= 4 is 11.9 Å². The minimum atomic E-state index is -0.432. The summed E-state index contributed by atoms with van der Waals surface area (Å²) in [6.45, 7) is 0.859. The normalized spacial score (nSPS) is 16.1. The van der Waals surface area contributed by atoms with E-state index in [9.17, 15) is 9.59 Å². The molecule has 0 unspecified atom stereocenters. The molecule has 6 nitrogen and oxygen atoms in total. The van der Waals surface area contributed by atoms with Crippen LogP contribution in [-0.4, -0.2) is 32.1 Å². The third kappa shape index (κ3) is 6.05. The second-order valence-corrected chi connectivity index (χ2v) is 6.73. The van der Waals surface area contributed by atoms with Crippen LogP contribution in [0.1, 0.15) is 44.1 Å². The molecule has 0 atom stereocenters. The van der Waals surface area contributed by atoms with Crippen molar-refractivity contribution in [2.75, 3.05) is 20.3 Å². The van der Waals surface area contributed by atoms with Gasteiger partial charge in [-0.2, -0.15) is 0 Å². The van der Waals surface area contributed by atoms with Crippen LogP contribution >= 0.6 is 0 Å². The smallest absolute Gasteiger partial charge is 0.343 e. The van der Waals surface area contributed by atoms with Crippen LogP contribution in [0.15, 0.2) is 24.3 Å². The fraction of sp³-hybridized carbons (Fsp3) is 0.579. The number of benzene rings is 1. The molecule has 1 aromatic rings. The van der Waals surface area contributed by atoms with Crippen molar-refractivity contribution in [1.82, 2.24) is 5.32 Å². The maximum atomic E-state index is 12.3. The Hall–Kier alpha value is -2.08. The summed E-state index contributed by atoms with van der Waals surface area (Å²) in [5.74, 6) is 0.175. The van der Waals surface area contributed by atoms with E-state index in [0.717, 1.165) is 31.2 Å². The van der Waals surface area contributed by atoms with Crippen molar-refractivity contribution in [1.29, 1.82) is 0 Å². The topological polar surface area (TPSA) is 90.6 Å². The van der Waals surface area contributed by atoms with Gasteiger partial charge in [-0.05, 0) is 42.5 Å². The summed E-state index contributed by atoms with van der Waals surface area (Å²) in [6.07, 6.45) is 6.11. The predicted octanol–water partition coefficient (Wildman–Crippen LogP) is 2.15. The number of amides is 1. The first-order valence-electron chi connectivity index (χ1n) is 8.82. The molecule has 1 aromatic carbocycles. The van der Waals surface area contributed by atoms with Crippen LogP contribution in [-0.2, 0) is 20.9 Å². The van der Waals surface area contributed by atoms with Crippen LogP contribution in [0.4, 0.5) is 0 Å². The molecule has 2 rings (SSSR count). The number of esters is 1. The second kappa shape index (κ2) is 9.42. The van der Waals surface area contributed by atoms with E-state index in [-0.39, 0.29) is 17.9 Å². The summed E-state index contributed by atoms with van der Waals surface area (Å²) in [5.41, 5.74) is 6.83. The summed E-state index contributed by atoms with van der Waals surface area (Å²) in [6, 6.07) is 7.31. The number of ether oxygens (including phenoxy) is 2. The summed E-state index contributed by atoms with van der Waals surface area (Å²) >= 11 is 0. The number of nitrogens with two attached hydrogens (primary N) is 1. The number of nitrogens with one attached hydrogen (secondary N) is 1. The monoisotopic (exact) mass is 348 g/mol. The summed E-state index contributed by atoms with van der Waals surface area (Å²) in [7, 11) is 1.32. The summed E-state index contributed by atoms with van der Waals surface area (Å²) in [4.78, 5) is 23.4. The van der Waals surface area contributed by atoms with Crippen LogP contribution < -0.4 is 15.8 Å². The highest BCUT2D eigenvalue weighted by atomic mass is 16.6. The van der Waals surface area contributed by atoms with Crippen molar-refractivity contribution in [3.8, 4) is 5.75 Å². The van der Waals surface area contributed by atoms with Gasteiger partial charge >= 0.3 is 5.97 Å². The lowest BCUT2D eigenvalue weighted by Gasteiger charge is -2.35. The molecule has 0 radical (unpaired) electrons. The van der Waals surface area contributed by atoms with E-state index in [1.165, 1.54) is 13.5 Å². The fourth-order valence-electron chi connectivity index (χ4n) is 3.31.